The quantitative estimate of drug-likeness (QED) is 0.614. The van der Waals surface area contributed by atoms with E-state index >= 15 is 0 Å². The van der Waals surface area contributed by atoms with Crippen molar-refractivity contribution in [1.29, 1.82) is 0 Å². The minimum absolute atomic E-state index is 0.0172. The third-order valence-electron chi connectivity index (χ3n) is 5.54. The summed E-state index contributed by atoms with van der Waals surface area (Å²) in [6.07, 6.45) is 3.54. The predicted molar refractivity (Wildman–Crippen MR) is 109 cm³/mol. The Hall–Kier alpha value is -2.80. The van der Waals surface area contributed by atoms with Crippen LogP contribution in [0.25, 0.3) is 5.52 Å². The lowest BCUT2D eigenvalue weighted by atomic mass is 10.0. The van der Waals surface area contributed by atoms with Crippen LogP contribution in [0.15, 0.2) is 42.7 Å². The van der Waals surface area contributed by atoms with Gasteiger partial charge in [-0.15, -0.1) is 0 Å². The normalized spacial score (nSPS) is 18.8. The number of methoxy groups -OCH3 is 1. The number of likely N-dealkylation sites (tertiary alicyclic amines) is 1. The summed E-state index contributed by atoms with van der Waals surface area (Å²) in [5.41, 5.74) is 1.82. The summed E-state index contributed by atoms with van der Waals surface area (Å²) in [5, 5.41) is 4.49. The topological polar surface area (TPSA) is 69.0 Å². The van der Waals surface area contributed by atoms with Crippen LogP contribution in [0.3, 0.4) is 0 Å². The summed E-state index contributed by atoms with van der Waals surface area (Å²) in [6.45, 7) is 4.64. The van der Waals surface area contributed by atoms with Gasteiger partial charge in [0.15, 0.2) is 5.15 Å². The molecule has 1 saturated heterocycles. The van der Waals surface area contributed by atoms with Gasteiger partial charge in [-0.1, -0.05) is 23.7 Å². The van der Waals surface area contributed by atoms with Crippen molar-refractivity contribution in [3.05, 3.63) is 53.4 Å². The van der Waals surface area contributed by atoms with E-state index in [1.807, 2.05) is 49.1 Å². The number of rotatable bonds is 6. The van der Waals surface area contributed by atoms with Crippen molar-refractivity contribution in [3.63, 3.8) is 0 Å². The van der Waals surface area contributed by atoms with Gasteiger partial charge < -0.3 is 14.4 Å². The predicted octanol–water partition coefficient (Wildman–Crippen LogP) is 3.77. The van der Waals surface area contributed by atoms with Crippen molar-refractivity contribution in [1.82, 2.24) is 19.5 Å². The van der Waals surface area contributed by atoms with Crippen LogP contribution < -0.4 is 9.47 Å². The first-order chi connectivity index (χ1) is 14.0. The Morgan fingerprint density at radius 2 is 1.97 bits per heavy atom. The van der Waals surface area contributed by atoms with Crippen molar-refractivity contribution in [2.75, 3.05) is 13.7 Å². The second-order valence-electron chi connectivity index (χ2n) is 7.31. The Balaban J connectivity index is 1.47. The Morgan fingerprint density at radius 3 is 2.69 bits per heavy atom. The van der Waals surface area contributed by atoms with Crippen LogP contribution in [0, 0.1) is 5.92 Å². The van der Waals surface area contributed by atoms with E-state index in [4.69, 9.17) is 21.1 Å². The maximum absolute atomic E-state index is 12.7. The molecule has 1 unspecified atom stereocenters. The van der Waals surface area contributed by atoms with Gasteiger partial charge in [0.05, 0.1) is 25.5 Å². The molecule has 0 bridgehead atoms. The van der Waals surface area contributed by atoms with Crippen molar-refractivity contribution >= 4 is 23.0 Å². The summed E-state index contributed by atoms with van der Waals surface area (Å²) in [6, 6.07) is 9.63. The SMILES string of the molecule is COc1ccc([C@@H](C)N2C[C@H](C(C)Oc3nc(Cl)cn4nccc34)CC2=O)cc1. The minimum Gasteiger partial charge on any atom is -0.497 e. The van der Waals surface area contributed by atoms with E-state index in [9.17, 15) is 4.79 Å². The van der Waals surface area contributed by atoms with Crippen molar-refractivity contribution in [2.24, 2.45) is 5.92 Å². The number of aromatic nitrogens is 3. The average Bonchev–Trinajstić information content (AvgIpc) is 3.34. The smallest absolute Gasteiger partial charge is 0.241 e. The molecule has 0 radical (unpaired) electrons. The van der Waals surface area contributed by atoms with Crippen LogP contribution in [0.2, 0.25) is 5.15 Å². The second-order valence-corrected chi connectivity index (χ2v) is 7.70. The summed E-state index contributed by atoms with van der Waals surface area (Å²) < 4.78 is 13.0. The molecule has 0 spiro atoms. The molecule has 1 aliphatic heterocycles. The standard InChI is InChI=1S/C21H23ClN4O3/c1-13(15-4-6-17(28-3)7-5-15)25-11-16(10-20(25)27)14(2)29-21-18-8-9-23-26(18)12-19(22)24-21/h4-9,12-14,16H,10-11H2,1-3H3/t13-,14?,16-/m1/s1. The molecule has 4 rings (SSSR count). The molecule has 29 heavy (non-hydrogen) atoms. The van der Waals surface area contributed by atoms with Crippen LogP contribution in [0.4, 0.5) is 0 Å². The Kier molecular flexibility index (Phi) is 5.32. The molecule has 152 valence electrons. The van der Waals surface area contributed by atoms with Crippen molar-refractivity contribution < 1.29 is 14.3 Å². The molecule has 7 nitrogen and oxygen atoms in total. The molecule has 0 aliphatic carbocycles. The zero-order valence-electron chi connectivity index (χ0n) is 16.6. The highest BCUT2D eigenvalue weighted by Crippen LogP contribution is 2.32. The fraction of sp³-hybridized carbons (Fsp3) is 0.381. The van der Waals surface area contributed by atoms with E-state index in [1.54, 1.807) is 24.0 Å². The van der Waals surface area contributed by atoms with Gasteiger partial charge in [-0.05, 0) is 37.6 Å². The Bertz CT molecular complexity index is 1020. The number of hydrogen-bond donors (Lipinski definition) is 0. The highest BCUT2D eigenvalue weighted by Gasteiger charge is 2.37. The van der Waals surface area contributed by atoms with Gasteiger partial charge in [-0.2, -0.15) is 10.1 Å². The molecule has 3 atom stereocenters. The molecule has 1 fully saturated rings. The molecule has 0 saturated carbocycles. The third-order valence-corrected chi connectivity index (χ3v) is 5.72. The van der Waals surface area contributed by atoms with Crippen LogP contribution in [0.5, 0.6) is 11.6 Å². The largest absolute Gasteiger partial charge is 0.497 e. The molecule has 3 heterocycles. The lowest BCUT2D eigenvalue weighted by Crippen LogP contribution is -2.31. The number of carbonyl (C=O) groups excluding carboxylic acids is 1. The van der Waals surface area contributed by atoms with Gasteiger partial charge in [0.25, 0.3) is 0 Å². The first-order valence-electron chi connectivity index (χ1n) is 9.56. The monoisotopic (exact) mass is 414 g/mol. The van der Waals surface area contributed by atoms with Gasteiger partial charge in [-0.3, -0.25) is 4.79 Å². The molecule has 1 amide bonds. The van der Waals surface area contributed by atoms with E-state index in [0.717, 1.165) is 16.8 Å². The number of halogens is 1. The Labute approximate surface area is 174 Å². The highest BCUT2D eigenvalue weighted by molar-refractivity contribution is 6.29. The van der Waals surface area contributed by atoms with E-state index in [2.05, 4.69) is 10.1 Å². The lowest BCUT2D eigenvalue weighted by molar-refractivity contribution is -0.129. The molecule has 8 heteroatoms. The minimum atomic E-state index is -0.198. The first kappa shape index (κ1) is 19.5. The molecule has 2 aromatic heterocycles. The summed E-state index contributed by atoms with van der Waals surface area (Å²) in [4.78, 5) is 18.9. The first-order valence-corrected chi connectivity index (χ1v) is 9.94. The van der Waals surface area contributed by atoms with Gasteiger partial charge in [0.1, 0.15) is 17.4 Å². The number of nitrogens with zero attached hydrogens (tertiary/aromatic N) is 4. The van der Waals surface area contributed by atoms with Gasteiger partial charge in [-0.25, -0.2) is 4.52 Å². The van der Waals surface area contributed by atoms with Gasteiger partial charge >= 0.3 is 0 Å². The number of amides is 1. The second kappa shape index (κ2) is 7.91. The Morgan fingerprint density at radius 1 is 1.21 bits per heavy atom. The number of carbonyl (C=O) groups is 1. The van der Waals surface area contributed by atoms with Gasteiger partial charge in [0, 0.05) is 18.9 Å². The van der Waals surface area contributed by atoms with Crippen LogP contribution >= 0.6 is 11.6 Å². The number of hydrogen-bond acceptors (Lipinski definition) is 5. The number of ether oxygens (including phenoxy) is 2. The zero-order chi connectivity index (χ0) is 20.5. The third kappa shape index (κ3) is 3.87. The molecule has 0 N–H and O–H groups in total. The van der Waals surface area contributed by atoms with Gasteiger partial charge in [0.2, 0.25) is 11.8 Å². The molecular formula is C21H23ClN4O3. The van der Waals surface area contributed by atoms with E-state index in [0.29, 0.717) is 24.0 Å². The molecule has 1 aliphatic rings. The lowest BCUT2D eigenvalue weighted by Gasteiger charge is -2.26. The van der Waals surface area contributed by atoms with E-state index < -0.39 is 0 Å². The molecular weight excluding hydrogens is 392 g/mol. The van der Waals surface area contributed by atoms with Crippen LogP contribution in [-0.2, 0) is 4.79 Å². The van der Waals surface area contributed by atoms with Crippen molar-refractivity contribution in [2.45, 2.75) is 32.4 Å². The maximum Gasteiger partial charge on any atom is 0.241 e. The highest BCUT2D eigenvalue weighted by atomic mass is 35.5. The summed E-state index contributed by atoms with van der Waals surface area (Å²) >= 11 is 6.08. The van der Waals surface area contributed by atoms with Crippen LogP contribution in [-0.4, -0.2) is 45.2 Å². The number of fused-ring (bicyclic) bond motifs is 1. The maximum atomic E-state index is 12.7. The van der Waals surface area contributed by atoms with E-state index in [-0.39, 0.29) is 24.0 Å². The fourth-order valence-corrected chi connectivity index (χ4v) is 3.91. The van der Waals surface area contributed by atoms with Crippen LogP contribution in [0.1, 0.15) is 31.9 Å². The summed E-state index contributed by atoms with van der Waals surface area (Å²) in [5.74, 6) is 1.42. The molecule has 3 aromatic rings. The number of benzene rings is 1. The molecule has 1 aromatic carbocycles. The fourth-order valence-electron chi connectivity index (χ4n) is 3.74. The van der Waals surface area contributed by atoms with Crippen molar-refractivity contribution in [3.8, 4) is 11.6 Å². The summed E-state index contributed by atoms with van der Waals surface area (Å²) in [7, 11) is 1.64. The van der Waals surface area contributed by atoms with E-state index in [1.165, 1.54) is 0 Å². The zero-order valence-corrected chi connectivity index (χ0v) is 17.3. The average molecular weight is 415 g/mol.